The second-order valence-electron chi connectivity index (χ2n) is 6.09. The van der Waals surface area contributed by atoms with Crippen LogP contribution in [0, 0.1) is 6.92 Å². The van der Waals surface area contributed by atoms with Crippen molar-refractivity contribution in [2.75, 3.05) is 19.9 Å². The minimum atomic E-state index is -0.388. The molecule has 2 aliphatic heterocycles. The summed E-state index contributed by atoms with van der Waals surface area (Å²) in [6, 6.07) is 6.86. The van der Waals surface area contributed by atoms with Crippen molar-refractivity contribution in [1.82, 2.24) is 10.2 Å². The van der Waals surface area contributed by atoms with Crippen molar-refractivity contribution in [3.63, 3.8) is 0 Å². The Bertz CT molecular complexity index is 996. The van der Waals surface area contributed by atoms with E-state index in [9.17, 15) is 14.4 Å². The van der Waals surface area contributed by atoms with Crippen LogP contribution in [-0.2, 0) is 4.79 Å². The number of carbonyl (C=O) groups is 3. The van der Waals surface area contributed by atoms with Crippen LogP contribution in [0.2, 0.25) is 0 Å². The maximum Gasteiger partial charge on any atom is 0.293 e. The summed E-state index contributed by atoms with van der Waals surface area (Å²) < 4.78 is 15.7. The quantitative estimate of drug-likeness (QED) is 0.771. The molecule has 144 valence electrons. The highest BCUT2D eigenvalue weighted by atomic mass is 32.2. The van der Waals surface area contributed by atoms with Gasteiger partial charge in [0.1, 0.15) is 5.76 Å². The monoisotopic (exact) mass is 400 g/mol. The maximum atomic E-state index is 12.5. The Morgan fingerprint density at radius 2 is 2.07 bits per heavy atom. The van der Waals surface area contributed by atoms with Crippen LogP contribution in [-0.4, -0.2) is 41.8 Å². The first-order chi connectivity index (χ1) is 13.5. The van der Waals surface area contributed by atoms with Gasteiger partial charge in [0.05, 0.1) is 16.7 Å². The molecule has 2 aromatic rings. The van der Waals surface area contributed by atoms with E-state index in [1.54, 1.807) is 37.3 Å². The third kappa shape index (κ3) is 3.48. The first-order valence-electron chi connectivity index (χ1n) is 8.50. The summed E-state index contributed by atoms with van der Waals surface area (Å²) >= 11 is 0.868. The van der Waals surface area contributed by atoms with E-state index in [4.69, 9.17) is 13.9 Å². The molecule has 3 heterocycles. The molecule has 3 amide bonds. The van der Waals surface area contributed by atoms with E-state index in [2.05, 4.69) is 5.32 Å². The molecule has 0 atom stereocenters. The Morgan fingerprint density at radius 3 is 2.86 bits per heavy atom. The summed E-state index contributed by atoms with van der Waals surface area (Å²) in [4.78, 5) is 38.2. The average Bonchev–Trinajstić information content (AvgIpc) is 3.37. The molecule has 0 spiro atoms. The second-order valence-corrected chi connectivity index (χ2v) is 7.09. The zero-order chi connectivity index (χ0) is 19.7. The number of aryl methyl sites for hydroxylation is 1. The SMILES string of the molecule is Cc1occc1C(=O)NCCN1C(=O)S/C(=C\c2ccc3c(c2)OCO3)C1=O. The van der Waals surface area contributed by atoms with Crippen LogP contribution in [0.1, 0.15) is 21.7 Å². The highest BCUT2D eigenvalue weighted by Crippen LogP contribution is 2.36. The van der Waals surface area contributed by atoms with Gasteiger partial charge in [0.2, 0.25) is 6.79 Å². The molecule has 1 aromatic heterocycles. The molecule has 9 heteroatoms. The predicted molar refractivity (Wildman–Crippen MR) is 101 cm³/mol. The number of amides is 3. The van der Waals surface area contributed by atoms with E-state index >= 15 is 0 Å². The van der Waals surface area contributed by atoms with E-state index in [0.717, 1.165) is 22.2 Å². The summed E-state index contributed by atoms with van der Waals surface area (Å²) in [5.74, 6) is 1.06. The summed E-state index contributed by atoms with van der Waals surface area (Å²) in [6.45, 7) is 2.09. The van der Waals surface area contributed by atoms with Crippen molar-refractivity contribution in [2.45, 2.75) is 6.92 Å². The topological polar surface area (TPSA) is 98.1 Å². The largest absolute Gasteiger partial charge is 0.469 e. The fourth-order valence-corrected chi connectivity index (χ4v) is 3.71. The number of hydrogen-bond donors (Lipinski definition) is 1. The van der Waals surface area contributed by atoms with Gasteiger partial charge < -0.3 is 19.2 Å². The molecule has 1 aromatic carbocycles. The molecule has 0 bridgehead atoms. The number of rotatable bonds is 5. The molecule has 1 saturated heterocycles. The highest BCUT2D eigenvalue weighted by Gasteiger charge is 2.34. The fourth-order valence-electron chi connectivity index (χ4n) is 2.84. The number of nitrogens with one attached hydrogen (secondary N) is 1. The van der Waals surface area contributed by atoms with E-state index in [0.29, 0.717) is 27.7 Å². The van der Waals surface area contributed by atoms with Crippen LogP contribution in [0.5, 0.6) is 11.5 Å². The van der Waals surface area contributed by atoms with Gasteiger partial charge in [-0.2, -0.15) is 0 Å². The number of fused-ring (bicyclic) bond motifs is 1. The molecule has 0 saturated carbocycles. The standard InChI is InChI=1S/C19H16N2O6S/c1-11-13(4-7-25-11)17(22)20-5-6-21-18(23)16(28-19(21)24)9-12-2-3-14-15(8-12)27-10-26-14/h2-4,7-9H,5-6,10H2,1H3,(H,20,22)/b16-9-. The summed E-state index contributed by atoms with van der Waals surface area (Å²) in [6.07, 6.45) is 3.07. The Hall–Kier alpha value is -3.20. The number of furan rings is 1. The zero-order valence-corrected chi connectivity index (χ0v) is 15.7. The predicted octanol–water partition coefficient (Wildman–Crippen LogP) is 2.78. The summed E-state index contributed by atoms with van der Waals surface area (Å²) in [7, 11) is 0. The first-order valence-corrected chi connectivity index (χ1v) is 9.32. The van der Waals surface area contributed by atoms with Crippen LogP contribution in [0.4, 0.5) is 4.79 Å². The van der Waals surface area contributed by atoms with Crippen LogP contribution in [0.25, 0.3) is 6.08 Å². The van der Waals surface area contributed by atoms with Gasteiger partial charge in [0.15, 0.2) is 11.5 Å². The van der Waals surface area contributed by atoms with Crippen molar-refractivity contribution in [2.24, 2.45) is 0 Å². The van der Waals surface area contributed by atoms with E-state index in [-0.39, 0.29) is 36.9 Å². The van der Waals surface area contributed by atoms with Crippen LogP contribution >= 0.6 is 11.8 Å². The number of carbonyl (C=O) groups excluding carboxylic acids is 3. The van der Waals surface area contributed by atoms with Crippen molar-refractivity contribution < 1.29 is 28.3 Å². The third-order valence-electron chi connectivity index (χ3n) is 4.29. The Balaban J connectivity index is 1.38. The molecule has 8 nitrogen and oxygen atoms in total. The number of nitrogens with zero attached hydrogens (tertiary/aromatic N) is 1. The summed E-state index contributed by atoms with van der Waals surface area (Å²) in [5, 5.41) is 2.31. The smallest absolute Gasteiger partial charge is 0.293 e. The zero-order valence-electron chi connectivity index (χ0n) is 14.9. The molecule has 1 N–H and O–H groups in total. The molecule has 1 fully saturated rings. The molecular weight excluding hydrogens is 384 g/mol. The molecule has 0 aliphatic carbocycles. The van der Waals surface area contributed by atoms with Gasteiger partial charge in [-0.1, -0.05) is 6.07 Å². The van der Waals surface area contributed by atoms with E-state index < -0.39 is 0 Å². The fraction of sp³-hybridized carbons (Fsp3) is 0.211. The van der Waals surface area contributed by atoms with E-state index in [1.807, 2.05) is 0 Å². The number of imide groups is 1. The lowest BCUT2D eigenvalue weighted by Gasteiger charge is -2.12. The Kier molecular flexibility index (Phi) is 4.82. The lowest BCUT2D eigenvalue weighted by atomic mass is 10.2. The van der Waals surface area contributed by atoms with Gasteiger partial charge in [-0.3, -0.25) is 19.3 Å². The van der Waals surface area contributed by atoms with Gasteiger partial charge in [-0.25, -0.2) is 0 Å². The Labute approximate surface area is 164 Å². The van der Waals surface area contributed by atoms with Crippen LogP contribution in [0.15, 0.2) is 39.9 Å². The maximum absolute atomic E-state index is 12.5. The molecule has 0 unspecified atom stereocenters. The minimum Gasteiger partial charge on any atom is -0.469 e. The van der Waals surface area contributed by atoms with Gasteiger partial charge in [-0.05, 0) is 48.5 Å². The third-order valence-corrected chi connectivity index (χ3v) is 5.20. The second kappa shape index (κ2) is 7.43. The lowest BCUT2D eigenvalue weighted by molar-refractivity contribution is -0.122. The number of thioether (sulfide) groups is 1. The lowest BCUT2D eigenvalue weighted by Crippen LogP contribution is -2.37. The highest BCUT2D eigenvalue weighted by molar-refractivity contribution is 8.18. The Morgan fingerprint density at radius 1 is 1.25 bits per heavy atom. The van der Waals surface area contributed by atoms with Gasteiger partial charge >= 0.3 is 0 Å². The molecule has 0 radical (unpaired) electrons. The minimum absolute atomic E-state index is 0.0891. The van der Waals surface area contributed by atoms with Gasteiger partial charge in [0.25, 0.3) is 17.1 Å². The van der Waals surface area contributed by atoms with Crippen molar-refractivity contribution >= 4 is 34.9 Å². The van der Waals surface area contributed by atoms with Crippen LogP contribution in [0.3, 0.4) is 0 Å². The molecule has 4 rings (SSSR count). The van der Waals surface area contributed by atoms with Gasteiger partial charge in [-0.15, -0.1) is 0 Å². The number of hydrogen-bond acceptors (Lipinski definition) is 7. The molecular formula is C19H16N2O6S. The van der Waals surface area contributed by atoms with Crippen molar-refractivity contribution in [3.8, 4) is 11.5 Å². The summed E-state index contributed by atoms with van der Waals surface area (Å²) in [5.41, 5.74) is 1.16. The van der Waals surface area contributed by atoms with Gasteiger partial charge in [0, 0.05) is 13.1 Å². The normalized spacial score (nSPS) is 16.9. The van der Waals surface area contributed by atoms with E-state index in [1.165, 1.54) is 6.26 Å². The average molecular weight is 400 g/mol. The van der Waals surface area contributed by atoms with Crippen molar-refractivity contribution in [1.29, 1.82) is 0 Å². The molecule has 2 aliphatic rings. The first kappa shape index (κ1) is 18.2. The number of benzene rings is 1. The van der Waals surface area contributed by atoms with Crippen molar-refractivity contribution in [3.05, 3.63) is 52.3 Å². The van der Waals surface area contributed by atoms with Crippen LogP contribution < -0.4 is 14.8 Å². The molecule has 28 heavy (non-hydrogen) atoms. The number of ether oxygens (including phenoxy) is 2.